The van der Waals surface area contributed by atoms with Gasteiger partial charge >= 0.3 is 72.8 Å². The molecule has 52 valence electrons. The fraction of sp³-hybridized carbons (Fsp3) is 0.143. The minimum atomic E-state index is 0.159. The molecular formula is C7H8OSTi. The van der Waals surface area contributed by atoms with E-state index >= 15 is 0 Å². The molecule has 0 heterocycles. The summed E-state index contributed by atoms with van der Waals surface area (Å²) in [5, 5.41) is 9.29. The van der Waals surface area contributed by atoms with Gasteiger partial charge in [0.1, 0.15) is 0 Å². The molecule has 0 bridgehead atoms. The van der Waals surface area contributed by atoms with Crippen LogP contribution in [-0.4, -0.2) is 11.4 Å². The summed E-state index contributed by atoms with van der Waals surface area (Å²) >= 11 is 2.09. The van der Waals surface area contributed by atoms with Gasteiger partial charge in [0, 0.05) is 0 Å². The standard InChI is InChI=1S/C7H8OS.Ti/c1-9-7-5-3-2-4-6(7)8;/h2-5,8H,1H3;. The Hall–Kier alpha value is 0.0843. The molecular weight excluding hydrogens is 180 g/mol. The summed E-state index contributed by atoms with van der Waals surface area (Å²) in [5.41, 5.74) is 0. The monoisotopic (exact) mass is 188 g/mol. The number of hydrogen-bond acceptors (Lipinski definition) is 1. The summed E-state index contributed by atoms with van der Waals surface area (Å²) in [6.45, 7) is 0. The summed E-state index contributed by atoms with van der Waals surface area (Å²) in [7, 11) is 0.159. The van der Waals surface area contributed by atoms with Gasteiger partial charge < -0.3 is 0 Å². The van der Waals surface area contributed by atoms with Crippen molar-refractivity contribution < 1.29 is 23.7 Å². The van der Waals surface area contributed by atoms with E-state index in [4.69, 9.17) is 0 Å². The zero-order valence-electron chi connectivity index (χ0n) is 5.66. The molecule has 1 unspecified atom stereocenters. The molecule has 0 aliphatic carbocycles. The maximum absolute atomic E-state index is 9.29. The Kier molecular flexibility index (Phi) is 2.84. The number of aromatic hydroxyl groups is 1. The summed E-state index contributed by atoms with van der Waals surface area (Å²) in [6.07, 6.45) is 2.09. The van der Waals surface area contributed by atoms with Crippen molar-refractivity contribution in [1.82, 2.24) is 0 Å². The SMILES string of the molecule is C[S](=[Ti])c1ccccc1O. The molecule has 1 aromatic rings. The average Bonchev–Trinajstić information content (AvgIpc) is 1.88. The summed E-state index contributed by atoms with van der Waals surface area (Å²) < 4.78 is 0. The second-order valence-corrected chi connectivity index (χ2v) is 6.31. The molecule has 0 aliphatic rings. The molecule has 1 nitrogen and oxygen atoms in total. The summed E-state index contributed by atoms with van der Waals surface area (Å²) in [4.78, 5) is 1.04. The fourth-order valence-corrected chi connectivity index (χ4v) is 2.19. The van der Waals surface area contributed by atoms with Crippen LogP contribution in [-0.2, 0) is 18.6 Å². The van der Waals surface area contributed by atoms with Crippen molar-refractivity contribution in [2.75, 3.05) is 6.26 Å². The molecule has 10 heavy (non-hydrogen) atoms. The van der Waals surface area contributed by atoms with E-state index in [0.717, 1.165) is 4.90 Å². The summed E-state index contributed by atoms with van der Waals surface area (Å²) in [6, 6.07) is 7.47. The van der Waals surface area contributed by atoms with E-state index in [0.29, 0.717) is 5.75 Å². The van der Waals surface area contributed by atoms with E-state index in [1.165, 1.54) is 0 Å². The van der Waals surface area contributed by atoms with Crippen LogP contribution in [0.1, 0.15) is 0 Å². The first-order chi connectivity index (χ1) is 4.72. The third-order valence-corrected chi connectivity index (χ3v) is 3.23. The van der Waals surface area contributed by atoms with Crippen LogP contribution in [0, 0.1) is 0 Å². The Labute approximate surface area is 72.8 Å². The van der Waals surface area contributed by atoms with Gasteiger partial charge in [0.2, 0.25) is 0 Å². The van der Waals surface area contributed by atoms with E-state index in [2.05, 4.69) is 24.8 Å². The van der Waals surface area contributed by atoms with Gasteiger partial charge in [0.15, 0.2) is 0 Å². The quantitative estimate of drug-likeness (QED) is 0.669. The van der Waals surface area contributed by atoms with Crippen molar-refractivity contribution in [2.45, 2.75) is 4.90 Å². The molecule has 0 aliphatic heterocycles. The van der Waals surface area contributed by atoms with Crippen LogP contribution in [0.25, 0.3) is 0 Å². The predicted octanol–water partition coefficient (Wildman–Crippen LogP) is 2.11. The Morgan fingerprint density at radius 1 is 1.40 bits per heavy atom. The van der Waals surface area contributed by atoms with Crippen LogP contribution in [0.3, 0.4) is 0 Å². The second-order valence-electron chi connectivity index (χ2n) is 1.98. The van der Waals surface area contributed by atoms with Crippen LogP contribution < -0.4 is 0 Å². The second kappa shape index (κ2) is 3.47. The average molecular weight is 188 g/mol. The van der Waals surface area contributed by atoms with Gasteiger partial charge in [-0.25, -0.2) is 0 Å². The first-order valence-corrected chi connectivity index (χ1v) is 6.41. The van der Waals surface area contributed by atoms with E-state index in [-0.39, 0.29) is 7.97 Å². The molecule has 1 atom stereocenters. The van der Waals surface area contributed by atoms with Crippen molar-refractivity contribution in [3.63, 3.8) is 0 Å². The van der Waals surface area contributed by atoms with Crippen molar-refractivity contribution in [3.05, 3.63) is 24.3 Å². The van der Waals surface area contributed by atoms with Gasteiger partial charge in [-0.3, -0.25) is 0 Å². The molecule has 0 fully saturated rings. The van der Waals surface area contributed by atoms with Gasteiger partial charge in [-0.15, -0.1) is 0 Å². The number of rotatable bonds is 1. The third kappa shape index (κ3) is 1.78. The van der Waals surface area contributed by atoms with E-state index < -0.39 is 0 Å². The molecule has 0 saturated carbocycles. The van der Waals surface area contributed by atoms with Gasteiger partial charge in [-0.1, -0.05) is 0 Å². The minimum absolute atomic E-state index is 0.159. The van der Waals surface area contributed by atoms with Crippen molar-refractivity contribution in [1.29, 1.82) is 0 Å². The van der Waals surface area contributed by atoms with Gasteiger partial charge in [-0.2, -0.15) is 0 Å². The predicted molar refractivity (Wildman–Crippen MR) is 39.9 cm³/mol. The molecule has 0 amide bonds. The Morgan fingerprint density at radius 2 is 2.00 bits per heavy atom. The van der Waals surface area contributed by atoms with Gasteiger partial charge in [-0.05, 0) is 0 Å². The van der Waals surface area contributed by atoms with Crippen LogP contribution in [0.4, 0.5) is 0 Å². The van der Waals surface area contributed by atoms with E-state index in [1.54, 1.807) is 6.07 Å². The zero-order chi connectivity index (χ0) is 7.56. The van der Waals surface area contributed by atoms with Crippen molar-refractivity contribution >= 4 is 7.97 Å². The normalized spacial score (nSPS) is 12.8. The Morgan fingerprint density at radius 3 is 2.40 bits per heavy atom. The first-order valence-electron chi connectivity index (χ1n) is 2.87. The number of benzene rings is 1. The van der Waals surface area contributed by atoms with Crippen LogP contribution in [0.5, 0.6) is 5.75 Å². The van der Waals surface area contributed by atoms with Crippen molar-refractivity contribution in [3.8, 4) is 5.75 Å². The Bertz CT molecular complexity index is 260. The van der Waals surface area contributed by atoms with Crippen LogP contribution >= 0.6 is 7.97 Å². The molecule has 0 radical (unpaired) electrons. The van der Waals surface area contributed by atoms with E-state index in [9.17, 15) is 5.11 Å². The van der Waals surface area contributed by atoms with Gasteiger partial charge in [0.25, 0.3) is 0 Å². The van der Waals surface area contributed by atoms with Gasteiger partial charge in [0.05, 0.1) is 0 Å². The summed E-state index contributed by atoms with van der Waals surface area (Å²) in [5.74, 6) is 0.413. The molecule has 0 spiro atoms. The molecule has 1 N–H and O–H groups in total. The fourth-order valence-electron chi connectivity index (χ4n) is 0.716. The maximum atomic E-state index is 9.29. The molecule has 0 aromatic heterocycles. The first kappa shape index (κ1) is 8.18. The number of phenolic OH excluding ortho intramolecular Hbond substituents is 1. The van der Waals surface area contributed by atoms with Crippen LogP contribution in [0.15, 0.2) is 29.2 Å². The topological polar surface area (TPSA) is 20.2 Å². The molecule has 1 rings (SSSR count). The molecule has 0 saturated heterocycles. The third-order valence-electron chi connectivity index (χ3n) is 1.20. The number of hydrogen-bond donors (Lipinski definition) is 1. The Balaban J connectivity index is 3.15. The zero-order valence-corrected chi connectivity index (χ0v) is 8.04. The molecule has 3 heteroatoms. The molecule has 1 aromatic carbocycles. The van der Waals surface area contributed by atoms with Crippen molar-refractivity contribution in [2.24, 2.45) is 0 Å². The van der Waals surface area contributed by atoms with Crippen LogP contribution in [0.2, 0.25) is 0 Å². The number of phenols is 1. The van der Waals surface area contributed by atoms with E-state index in [1.807, 2.05) is 18.2 Å². The number of para-hydroxylation sites is 1.